The fourth-order valence-electron chi connectivity index (χ4n) is 3.32. The number of anilines is 1. The van der Waals surface area contributed by atoms with Crippen LogP contribution in [0.3, 0.4) is 0 Å². The zero-order valence-corrected chi connectivity index (χ0v) is 16.6. The fraction of sp³-hybridized carbons (Fsp3) is 0.217. The quantitative estimate of drug-likeness (QED) is 0.388. The van der Waals surface area contributed by atoms with Crippen LogP contribution in [0.25, 0.3) is 11.1 Å². The van der Waals surface area contributed by atoms with E-state index in [2.05, 4.69) is 22.2 Å². The molecule has 0 aliphatic heterocycles. The molecule has 0 amide bonds. The van der Waals surface area contributed by atoms with Crippen molar-refractivity contribution in [1.29, 1.82) is 5.26 Å². The fourth-order valence-corrected chi connectivity index (χ4v) is 3.32. The molecule has 0 unspecified atom stereocenters. The molecule has 0 aliphatic carbocycles. The molecule has 0 spiro atoms. The van der Waals surface area contributed by atoms with Gasteiger partial charge in [0.2, 0.25) is 5.95 Å². The van der Waals surface area contributed by atoms with E-state index in [0.717, 1.165) is 24.0 Å². The van der Waals surface area contributed by atoms with E-state index in [1.807, 2.05) is 24.3 Å². The number of aromatic amines is 1. The van der Waals surface area contributed by atoms with Crippen LogP contribution in [0.5, 0.6) is 0 Å². The molecular weight excluding hydrogens is 380 g/mol. The second-order valence-corrected chi connectivity index (χ2v) is 6.90. The lowest BCUT2D eigenvalue weighted by Crippen LogP contribution is -2.20. The molecule has 7 nitrogen and oxygen atoms in total. The first-order chi connectivity index (χ1) is 14.5. The summed E-state index contributed by atoms with van der Waals surface area (Å²) in [5, 5.41) is 20.6. The summed E-state index contributed by atoms with van der Waals surface area (Å²) in [6, 6.07) is 14.3. The van der Waals surface area contributed by atoms with Gasteiger partial charge in [0.15, 0.2) is 6.19 Å². The predicted molar refractivity (Wildman–Crippen MR) is 114 cm³/mol. The molecule has 0 saturated carbocycles. The molecule has 0 fully saturated rings. The Kier molecular flexibility index (Phi) is 6.60. The molecule has 3 aromatic rings. The lowest BCUT2D eigenvalue weighted by molar-refractivity contribution is 0.0697. The maximum Gasteiger partial charge on any atom is 0.336 e. The van der Waals surface area contributed by atoms with Crippen molar-refractivity contribution in [3.63, 3.8) is 0 Å². The van der Waals surface area contributed by atoms with Crippen molar-refractivity contribution in [3.05, 3.63) is 81.3 Å². The third-order valence-corrected chi connectivity index (χ3v) is 4.85. The summed E-state index contributed by atoms with van der Waals surface area (Å²) in [4.78, 5) is 31.1. The van der Waals surface area contributed by atoms with E-state index in [4.69, 9.17) is 5.26 Å². The molecule has 0 bridgehead atoms. The molecule has 1 heterocycles. The SMILES string of the molecule is CCCCc1nc(NC#N)[nH]c(=O)c1Cc1ccc(-c2ccccc2C(=O)O)cc1. The lowest BCUT2D eigenvalue weighted by Gasteiger charge is -2.11. The molecular formula is C23H22N4O3. The normalized spacial score (nSPS) is 10.4. The van der Waals surface area contributed by atoms with Gasteiger partial charge in [0.25, 0.3) is 5.56 Å². The highest BCUT2D eigenvalue weighted by atomic mass is 16.4. The summed E-state index contributed by atoms with van der Waals surface area (Å²) in [5.74, 6) is -0.822. The van der Waals surface area contributed by atoms with E-state index >= 15 is 0 Å². The van der Waals surface area contributed by atoms with Crippen LogP contribution >= 0.6 is 0 Å². The second kappa shape index (κ2) is 9.52. The van der Waals surface area contributed by atoms with Crippen LogP contribution in [0.1, 0.15) is 46.9 Å². The van der Waals surface area contributed by atoms with Crippen LogP contribution in [0.4, 0.5) is 5.95 Å². The zero-order valence-electron chi connectivity index (χ0n) is 16.6. The predicted octanol–water partition coefficient (Wildman–Crippen LogP) is 3.96. The summed E-state index contributed by atoms with van der Waals surface area (Å²) in [5.41, 5.74) is 3.58. The lowest BCUT2D eigenvalue weighted by atomic mass is 9.96. The summed E-state index contributed by atoms with van der Waals surface area (Å²) in [6.45, 7) is 2.06. The molecule has 1 aromatic heterocycles. The topological polar surface area (TPSA) is 119 Å². The Morgan fingerprint density at radius 1 is 1.20 bits per heavy atom. The van der Waals surface area contributed by atoms with Crippen molar-refractivity contribution in [2.45, 2.75) is 32.6 Å². The Bertz CT molecular complexity index is 1140. The highest BCUT2D eigenvalue weighted by Gasteiger charge is 2.14. The van der Waals surface area contributed by atoms with Crippen LogP contribution in [0.15, 0.2) is 53.3 Å². The number of carbonyl (C=O) groups is 1. The Balaban J connectivity index is 1.91. The number of benzene rings is 2. The minimum Gasteiger partial charge on any atom is -0.478 e. The Hall–Kier alpha value is -3.92. The number of aromatic carboxylic acids is 1. The van der Waals surface area contributed by atoms with Crippen LogP contribution in [0, 0.1) is 11.5 Å². The molecule has 152 valence electrons. The Morgan fingerprint density at radius 3 is 2.60 bits per heavy atom. The van der Waals surface area contributed by atoms with Crippen LogP contribution in [0.2, 0.25) is 0 Å². The first kappa shape index (κ1) is 20.8. The van der Waals surface area contributed by atoms with Gasteiger partial charge in [-0.25, -0.2) is 9.78 Å². The first-order valence-electron chi connectivity index (χ1n) is 9.72. The number of aryl methyl sites for hydroxylation is 1. The molecule has 0 radical (unpaired) electrons. The number of aromatic nitrogens is 2. The maximum absolute atomic E-state index is 12.6. The van der Waals surface area contributed by atoms with Crippen molar-refractivity contribution in [2.75, 3.05) is 5.32 Å². The summed E-state index contributed by atoms with van der Waals surface area (Å²) >= 11 is 0. The van der Waals surface area contributed by atoms with Crippen molar-refractivity contribution in [3.8, 4) is 17.3 Å². The molecule has 3 N–H and O–H groups in total. The number of hydrogen-bond donors (Lipinski definition) is 3. The van der Waals surface area contributed by atoms with Crippen molar-refractivity contribution < 1.29 is 9.90 Å². The van der Waals surface area contributed by atoms with E-state index in [-0.39, 0.29) is 17.1 Å². The summed E-state index contributed by atoms with van der Waals surface area (Å²) < 4.78 is 0. The molecule has 0 aliphatic rings. The Morgan fingerprint density at radius 2 is 1.93 bits per heavy atom. The zero-order chi connectivity index (χ0) is 21.5. The van der Waals surface area contributed by atoms with Gasteiger partial charge < -0.3 is 5.11 Å². The van der Waals surface area contributed by atoms with E-state index in [1.54, 1.807) is 30.5 Å². The Labute approximate surface area is 174 Å². The minimum absolute atomic E-state index is 0.151. The third kappa shape index (κ3) is 4.73. The monoisotopic (exact) mass is 402 g/mol. The number of unbranched alkanes of at least 4 members (excludes halogenated alkanes) is 1. The largest absolute Gasteiger partial charge is 0.478 e. The highest BCUT2D eigenvalue weighted by Crippen LogP contribution is 2.25. The minimum atomic E-state index is -0.973. The van der Waals surface area contributed by atoms with Gasteiger partial charge in [-0.1, -0.05) is 55.8 Å². The molecule has 7 heteroatoms. The van der Waals surface area contributed by atoms with Crippen molar-refractivity contribution in [2.24, 2.45) is 0 Å². The van der Waals surface area contributed by atoms with Crippen LogP contribution in [-0.2, 0) is 12.8 Å². The summed E-state index contributed by atoms with van der Waals surface area (Å²) in [7, 11) is 0. The number of hydrogen-bond acceptors (Lipinski definition) is 5. The number of carboxylic acids is 1. The number of nitrogens with one attached hydrogen (secondary N) is 2. The molecule has 2 aromatic carbocycles. The van der Waals surface area contributed by atoms with E-state index in [9.17, 15) is 14.7 Å². The van der Waals surface area contributed by atoms with Gasteiger partial charge in [-0.3, -0.25) is 15.1 Å². The molecule has 30 heavy (non-hydrogen) atoms. The maximum atomic E-state index is 12.6. The van der Waals surface area contributed by atoms with Crippen LogP contribution < -0.4 is 10.9 Å². The molecule has 3 rings (SSSR count). The first-order valence-corrected chi connectivity index (χ1v) is 9.72. The average molecular weight is 402 g/mol. The van der Waals surface area contributed by atoms with Gasteiger partial charge in [-0.15, -0.1) is 0 Å². The van der Waals surface area contributed by atoms with Gasteiger partial charge in [-0.2, -0.15) is 5.26 Å². The molecule has 0 saturated heterocycles. The average Bonchev–Trinajstić information content (AvgIpc) is 2.75. The van der Waals surface area contributed by atoms with Crippen molar-refractivity contribution >= 4 is 11.9 Å². The standard InChI is InChI=1S/C23H22N4O3/c1-2-3-8-20-19(21(28)27-23(26-20)25-14-24)13-15-9-11-16(12-10-15)17-6-4-5-7-18(17)22(29)30/h4-7,9-12H,2-3,8,13H2,1H3,(H,29,30)(H2,25,26,27,28). The number of nitriles is 1. The van der Waals surface area contributed by atoms with Gasteiger partial charge in [-0.05, 0) is 35.6 Å². The number of rotatable bonds is 8. The van der Waals surface area contributed by atoms with E-state index < -0.39 is 5.97 Å². The highest BCUT2D eigenvalue weighted by molar-refractivity contribution is 5.95. The summed E-state index contributed by atoms with van der Waals surface area (Å²) in [6.07, 6.45) is 4.68. The molecule has 0 atom stereocenters. The van der Waals surface area contributed by atoms with E-state index in [0.29, 0.717) is 29.7 Å². The van der Waals surface area contributed by atoms with Gasteiger partial charge in [0.05, 0.1) is 11.3 Å². The number of nitrogens with zero attached hydrogens (tertiary/aromatic N) is 2. The van der Waals surface area contributed by atoms with E-state index in [1.165, 1.54) is 0 Å². The van der Waals surface area contributed by atoms with Crippen molar-refractivity contribution in [1.82, 2.24) is 9.97 Å². The smallest absolute Gasteiger partial charge is 0.336 e. The number of carboxylic acid groups (broad SMARTS) is 1. The van der Waals surface area contributed by atoms with Gasteiger partial charge in [0.1, 0.15) is 0 Å². The van der Waals surface area contributed by atoms with Crippen LogP contribution in [-0.4, -0.2) is 21.0 Å². The third-order valence-electron chi connectivity index (χ3n) is 4.85. The van der Waals surface area contributed by atoms with Gasteiger partial charge >= 0.3 is 5.97 Å². The van der Waals surface area contributed by atoms with Gasteiger partial charge in [0, 0.05) is 12.0 Å². The number of H-pyrrole nitrogens is 1. The second-order valence-electron chi connectivity index (χ2n) is 6.90.